The van der Waals surface area contributed by atoms with Gasteiger partial charge >= 0.3 is 5.97 Å². The van der Waals surface area contributed by atoms with Crippen LogP contribution in [0.15, 0.2) is 24.5 Å². The van der Waals surface area contributed by atoms with Gasteiger partial charge in [0.1, 0.15) is 5.52 Å². The molecule has 0 aromatic carbocycles. The molecular formula is C21H27N3O4. The monoisotopic (exact) mass is 385 g/mol. The van der Waals surface area contributed by atoms with Gasteiger partial charge in [0, 0.05) is 32.0 Å². The number of fused-ring (bicyclic) bond motifs is 1. The minimum atomic E-state index is -0.0903. The van der Waals surface area contributed by atoms with E-state index in [4.69, 9.17) is 9.47 Å². The normalized spacial score (nSPS) is 23.0. The average Bonchev–Trinajstić information content (AvgIpc) is 3.12. The third-order valence-corrected chi connectivity index (χ3v) is 6.00. The predicted molar refractivity (Wildman–Crippen MR) is 104 cm³/mol. The van der Waals surface area contributed by atoms with Crippen molar-refractivity contribution in [3.05, 3.63) is 30.1 Å². The Bertz CT molecular complexity index is 848. The molecule has 0 radical (unpaired) electrons. The summed E-state index contributed by atoms with van der Waals surface area (Å²) in [5, 5.41) is 0. The van der Waals surface area contributed by atoms with Gasteiger partial charge in [-0.05, 0) is 43.7 Å². The van der Waals surface area contributed by atoms with Crippen LogP contribution >= 0.6 is 0 Å². The van der Waals surface area contributed by atoms with Gasteiger partial charge in [-0.2, -0.15) is 0 Å². The van der Waals surface area contributed by atoms with Crippen molar-refractivity contribution in [2.75, 3.05) is 33.4 Å². The van der Waals surface area contributed by atoms with Crippen molar-refractivity contribution in [1.29, 1.82) is 0 Å². The fourth-order valence-electron chi connectivity index (χ4n) is 4.39. The third-order valence-electron chi connectivity index (χ3n) is 6.00. The highest BCUT2D eigenvalue weighted by atomic mass is 16.5. The molecule has 0 atom stereocenters. The van der Waals surface area contributed by atoms with Gasteiger partial charge in [0.25, 0.3) is 5.91 Å². The maximum atomic E-state index is 13.0. The number of aromatic nitrogens is 2. The number of carbonyl (C=O) groups is 2. The minimum absolute atomic E-state index is 0.0279. The lowest BCUT2D eigenvalue weighted by Crippen LogP contribution is -2.40. The molecule has 1 saturated heterocycles. The van der Waals surface area contributed by atoms with Crippen LogP contribution in [0.25, 0.3) is 11.0 Å². The van der Waals surface area contributed by atoms with Gasteiger partial charge in [0.15, 0.2) is 0 Å². The zero-order valence-electron chi connectivity index (χ0n) is 16.3. The zero-order valence-corrected chi connectivity index (χ0v) is 16.3. The standard InChI is InChI=1S/C21H27N3O4/c1-27-21(26)16-6-4-15(5-7-16)13-24-14-17(19-18(24)3-2-8-22-19)20(25)23-9-11-28-12-10-23/h2-3,8,14-16H,4-7,9-13H2,1H3. The molecule has 0 spiro atoms. The van der Waals surface area contributed by atoms with Crippen molar-refractivity contribution in [2.24, 2.45) is 11.8 Å². The number of ether oxygens (including phenoxy) is 2. The molecule has 0 N–H and O–H groups in total. The maximum absolute atomic E-state index is 13.0. The Morgan fingerprint density at radius 2 is 1.96 bits per heavy atom. The van der Waals surface area contributed by atoms with Crippen molar-refractivity contribution in [1.82, 2.24) is 14.5 Å². The van der Waals surface area contributed by atoms with Crippen LogP contribution in [0.4, 0.5) is 0 Å². The summed E-state index contributed by atoms with van der Waals surface area (Å²) in [6, 6.07) is 3.94. The number of esters is 1. The highest BCUT2D eigenvalue weighted by Gasteiger charge is 2.28. The smallest absolute Gasteiger partial charge is 0.308 e. The topological polar surface area (TPSA) is 73.7 Å². The van der Waals surface area contributed by atoms with Crippen LogP contribution in [-0.2, 0) is 20.8 Å². The second-order valence-corrected chi connectivity index (χ2v) is 7.71. The fourth-order valence-corrected chi connectivity index (χ4v) is 4.39. The van der Waals surface area contributed by atoms with Gasteiger partial charge in [-0.1, -0.05) is 0 Å². The van der Waals surface area contributed by atoms with Gasteiger partial charge in [0.05, 0.1) is 37.3 Å². The molecule has 0 bridgehead atoms. The Morgan fingerprint density at radius 3 is 2.68 bits per heavy atom. The third kappa shape index (κ3) is 3.76. The molecule has 1 aliphatic carbocycles. The molecule has 2 fully saturated rings. The lowest BCUT2D eigenvalue weighted by molar-refractivity contribution is -0.146. The summed E-state index contributed by atoms with van der Waals surface area (Å²) in [4.78, 5) is 31.1. The number of morpholine rings is 1. The second-order valence-electron chi connectivity index (χ2n) is 7.71. The van der Waals surface area contributed by atoms with Gasteiger partial charge in [-0.3, -0.25) is 14.6 Å². The summed E-state index contributed by atoms with van der Waals surface area (Å²) in [6.45, 7) is 3.25. The first-order valence-corrected chi connectivity index (χ1v) is 10.1. The van der Waals surface area contributed by atoms with E-state index in [2.05, 4.69) is 9.55 Å². The van der Waals surface area contributed by atoms with E-state index in [-0.39, 0.29) is 17.8 Å². The maximum Gasteiger partial charge on any atom is 0.308 e. The number of hydrogen-bond acceptors (Lipinski definition) is 5. The highest BCUT2D eigenvalue weighted by Crippen LogP contribution is 2.32. The van der Waals surface area contributed by atoms with Crippen LogP contribution < -0.4 is 0 Å². The lowest BCUT2D eigenvalue weighted by Gasteiger charge is -2.27. The Hall–Kier alpha value is -2.41. The number of amides is 1. The first-order chi connectivity index (χ1) is 13.7. The SMILES string of the molecule is COC(=O)C1CCC(Cn2cc(C(=O)N3CCOCC3)c3ncccc32)CC1. The zero-order chi connectivity index (χ0) is 19.5. The van der Waals surface area contributed by atoms with Crippen LogP contribution in [0.2, 0.25) is 0 Å². The Labute approximate surface area is 164 Å². The molecule has 1 saturated carbocycles. The van der Waals surface area contributed by atoms with E-state index in [0.29, 0.717) is 37.8 Å². The minimum Gasteiger partial charge on any atom is -0.469 e. The largest absolute Gasteiger partial charge is 0.469 e. The first kappa shape index (κ1) is 18.9. The number of pyridine rings is 1. The Kier molecular flexibility index (Phi) is 5.62. The number of methoxy groups -OCH3 is 1. The van der Waals surface area contributed by atoms with Crippen LogP contribution in [0.3, 0.4) is 0 Å². The van der Waals surface area contributed by atoms with Gasteiger partial charge in [-0.25, -0.2) is 0 Å². The summed E-state index contributed by atoms with van der Waals surface area (Å²) in [5.74, 6) is 0.457. The van der Waals surface area contributed by atoms with E-state index in [1.54, 1.807) is 6.20 Å². The van der Waals surface area contributed by atoms with E-state index in [0.717, 1.165) is 43.3 Å². The number of nitrogens with zero attached hydrogens (tertiary/aromatic N) is 3. The van der Waals surface area contributed by atoms with Gasteiger partial charge in [0.2, 0.25) is 0 Å². The predicted octanol–water partition coefficient (Wildman–Crippen LogP) is 2.49. The van der Waals surface area contributed by atoms with E-state index >= 15 is 0 Å². The molecule has 3 heterocycles. The molecule has 0 unspecified atom stereocenters. The van der Waals surface area contributed by atoms with Crippen molar-refractivity contribution < 1.29 is 19.1 Å². The molecule has 2 aromatic rings. The molecule has 2 aliphatic rings. The summed E-state index contributed by atoms with van der Waals surface area (Å²) in [5.41, 5.74) is 2.43. The molecular weight excluding hydrogens is 358 g/mol. The van der Waals surface area contributed by atoms with E-state index in [9.17, 15) is 9.59 Å². The number of rotatable bonds is 4. The van der Waals surface area contributed by atoms with Crippen LogP contribution in [0.1, 0.15) is 36.0 Å². The van der Waals surface area contributed by atoms with Crippen molar-refractivity contribution in [3.8, 4) is 0 Å². The number of carbonyl (C=O) groups excluding carboxylic acids is 2. The first-order valence-electron chi connectivity index (χ1n) is 10.1. The summed E-state index contributed by atoms with van der Waals surface area (Å²) < 4.78 is 12.4. The van der Waals surface area contributed by atoms with E-state index in [1.165, 1.54) is 7.11 Å². The molecule has 1 aliphatic heterocycles. The summed E-state index contributed by atoms with van der Waals surface area (Å²) >= 11 is 0. The van der Waals surface area contributed by atoms with E-state index < -0.39 is 0 Å². The van der Waals surface area contributed by atoms with Crippen molar-refractivity contribution in [2.45, 2.75) is 32.2 Å². The molecule has 4 rings (SSSR count). The molecule has 1 amide bonds. The van der Waals surface area contributed by atoms with Crippen LogP contribution in [0, 0.1) is 11.8 Å². The molecule has 7 nitrogen and oxygen atoms in total. The quantitative estimate of drug-likeness (QED) is 0.756. The fraction of sp³-hybridized carbons (Fsp3) is 0.571. The molecule has 7 heteroatoms. The van der Waals surface area contributed by atoms with Crippen LogP contribution in [-0.4, -0.2) is 59.7 Å². The Morgan fingerprint density at radius 1 is 1.21 bits per heavy atom. The van der Waals surface area contributed by atoms with Gasteiger partial charge in [-0.15, -0.1) is 0 Å². The highest BCUT2D eigenvalue weighted by molar-refractivity contribution is 6.05. The van der Waals surface area contributed by atoms with Crippen molar-refractivity contribution >= 4 is 22.9 Å². The molecule has 150 valence electrons. The second kappa shape index (κ2) is 8.31. The van der Waals surface area contributed by atoms with E-state index in [1.807, 2.05) is 23.2 Å². The Balaban J connectivity index is 1.52. The van der Waals surface area contributed by atoms with Crippen LogP contribution in [0.5, 0.6) is 0 Å². The number of hydrogen-bond donors (Lipinski definition) is 0. The molecule has 28 heavy (non-hydrogen) atoms. The lowest BCUT2D eigenvalue weighted by atomic mass is 9.82. The summed E-state index contributed by atoms with van der Waals surface area (Å²) in [7, 11) is 1.46. The summed E-state index contributed by atoms with van der Waals surface area (Å²) in [6.07, 6.45) is 7.42. The average molecular weight is 385 g/mol. The van der Waals surface area contributed by atoms with Crippen molar-refractivity contribution in [3.63, 3.8) is 0 Å². The molecule has 2 aromatic heterocycles. The van der Waals surface area contributed by atoms with Gasteiger partial charge < -0.3 is 18.9 Å².